The van der Waals surface area contributed by atoms with Crippen molar-refractivity contribution < 1.29 is 38.9 Å². The molecule has 19 nitrogen and oxygen atoms in total. The summed E-state index contributed by atoms with van der Waals surface area (Å²) >= 11 is 0. The number of likely N-dealkylation sites (N-methyl/N-ethyl adjacent to an activating group) is 1. The van der Waals surface area contributed by atoms with Gasteiger partial charge in [-0.25, -0.2) is 14.4 Å². The number of aliphatic hydroxyl groups is 1. The Balaban J connectivity index is 1.42. The van der Waals surface area contributed by atoms with Crippen molar-refractivity contribution in [2.45, 2.75) is 96.1 Å². The van der Waals surface area contributed by atoms with E-state index in [1.54, 1.807) is 19.2 Å². The van der Waals surface area contributed by atoms with E-state index in [9.17, 15) is 43.8 Å². The number of carboxylic acids is 1. The molecule has 4 rings (SSSR count). The van der Waals surface area contributed by atoms with Gasteiger partial charge in [0.1, 0.15) is 24.2 Å². The summed E-state index contributed by atoms with van der Waals surface area (Å²) in [5, 5.41) is 31.3. The molecule has 0 saturated carbocycles. The van der Waals surface area contributed by atoms with Crippen LogP contribution in [0.3, 0.4) is 0 Å². The average Bonchev–Trinajstić information content (AvgIpc) is 3.69. The highest BCUT2D eigenvalue weighted by Gasteiger charge is 2.39. The first-order valence-electron chi connectivity index (χ1n) is 17.0. The fraction of sp³-hybridized carbons (Fsp3) is 0.500. The third-order valence-corrected chi connectivity index (χ3v) is 9.46. The maximum Gasteiger partial charge on any atom is 0.330 e. The molecular formula is C34H47N9O10. The first-order valence-corrected chi connectivity index (χ1v) is 17.0. The number of rotatable bonds is 14. The Morgan fingerprint density at radius 3 is 2.40 bits per heavy atom. The van der Waals surface area contributed by atoms with Gasteiger partial charge in [0.25, 0.3) is 5.56 Å². The molecule has 3 heterocycles. The van der Waals surface area contributed by atoms with Gasteiger partial charge in [0.2, 0.25) is 17.7 Å². The molecule has 0 bridgehead atoms. The summed E-state index contributed by atoms with van der Waals surface area (Å²) in [7, 11) is 1.41. The smallest absolute Gasteiger partial charge is 0.330 e. The predicted molar refractivity (Wildman–Crippen MR) is 191 cm³/mol. The molecule has 2 aromatic heterocycles. The van der Waals surface area contributed by atoms with Crippen LogP contribution in [0.15, 0.2) is 40.1 Å². The SMILES string of the molecule is Cc1c(C)n([C@@H]2O[C@@H](CNC(=O)[C@@H](NC(=O)[C@H](C)NC(=O)N[C@@H](Cc3c[nH]c4ccccc34)C(=O)O)[C@H](C)N(C)C(=O)[C@@H](C)N)C[C@H]2O)c(=O)[nH]c1=O. The lowest BCUT2D eigenvalue weighted by Crippen LogP contribution is -2.62. The number of aliphatic carboxylic acids is 1. The van der Waals surface area contributed by atoms with Crippen LogP contribution in [0, 0.1) is 13.8 Å². The number of fused-ring (bicyclic) bond motifs is 1. The number of hydrogen-bond acceptors (Lipinski definition) is 10. The molecule has 8 atom stereocenters. The second-order valence-corrected chi connectivity index (χ2v) is 13.3. The van der Waals surface area contributed by atoms with Crippen molar-refractivity contribution in [2.24, 2.45) is 5.73 Å². The number of benzene rings is 1. The van der Waals surface area contributed by atoms with Gasteiger partial charge < -0.3 is 51.8 Å². The third kappa shape index (κ3) is 9.29. The molecule has 1 fully saturated rings. The summed E-state index contributed by atoms with van der Waals surface area (Å²) in [6, 6.07) is 0.452. The fourth-order valence-corrected chi connectivity index (χ4v) is 6.08. The van der Waals surface area contributed by atoms with Gasteiger partial charge in [-0.1, -0.05) is 18.2 Å². The van der Waals surface area contributed by atoms with E-state index in [-0.39, 0.29) is 24.9 Å². The van der Waals surface area contributed by atoms with Gasteiger partial charge in [-0.2, -0.15) is 0 Å². The van der Waals surface area contributed by atoms with Gasteiger partial charge in [0.15, 0.2) is 6.23 Å². The normalized spacial score (nSPS) is 19.7. The lowest BCUT2D eigenvalue weighted by molar-refractivity contribution is -0.139. The summed E-state index contributed by atoms with van der Waals surface area (Å²) in [5.41, 5.74) is 6.48. The lowest BCUT2D eigenvalue weighted by atomic mass is 10.1. The topological polar surface area (TPSA) is 283 Å². The van der Waals surface area contributed by atoms with E-state index in [1.165, 1.54) is 39.6 Å². The minimum absolute atomic E-state index is 0.0123. The molecule has 0 radical (unpaired) electrons. The fourth-order valence-electron chi connectivity index (χ4n) is 6.08. The Morgan fingerprint density at radius 2 is 1.74 bits per heavy atom. The zero-order chi connectivity index (χ0) is 39.3. The molecule has 0 unspecified atom stereocenters. The number of hydrogen-bond donors (Lipinski definition) is 9. The number of aromatic nitrogens is 3. The minimum Gasteiger partial charge on any atom is -0.480 e. The van der Waals surface area contributed by atoms with Gasteiger partial charge in [0, 0.05) is 54.8 Å². The second kappa shape index (κ2) is 16.9. The van der Waals surface area contributed by atoms with Gasteiger partial charge >= 0.3 is 17.7 Å². The van der Waals surface area contributed by atoms with Crippen LogP contribution in [0.5, 0.6) is 0 Å². The zero-order valence-electron chi connectivity index (χ0n) is 30.3. The quantitative estimate of drug-likeness (QED) is 0.0913. The Hall–Kier alpha value is -5.53. The number of amides is 5. The van der Waals surface area contributed by atoms with E-state index in [2.05, 4.69) is 31.2 Å². The molecule has 53 heavy (non-hydrogen) atoms. The zero-order valence-corrected chi connectivity index (χ0v) is 30.3. The van der Waals surface area contributed by atoms with E-state index < -0.39 is 89.6 Å². The van der Waals surface area contributed by atoms with Crippen molar-refractivity contribution in [1.82, 2.24) is 40.7 Å². The van der Waals surface area contributed by atoms with Gasteiger partial charge in [-0.3, -0.25) is 28.7 Å². The first kappa shape index (κ1) is 40.2. The number of nitrogens with two attached hydrogens (primary N) is 1. The molecular weight excluding hydrogens is 694 g/mol. The van der Waals surface area contributed by atoms with Gasteiger partial charge in [0.05, 0.1) is 18.2 Å². The number of ether oxygens (including phenoxy) is 1. The number of nitrogens with one attached hydrogen (secondary N) is 6. The van der Waals surface area contributed by atoms with Crippen LogP contribution in [-0.2, 0) is 30.3 Å². The highest BCUT2D eigenvalue weighted by atomic mass is 16.5. The molecule has 1 saturated heterocycles. The number of aliphatic hydroxyl groups excluding tert-OH is 1. The molecule has 19 heteroatoms. The summed E-state index contributed by atoms with van der Waals surface area (Å²) in [6.45, 7) is 7.20. The van der Waals surface area contributed by atoms with Crippen molar-refractivity contribution in [3.63, 3.8) is 0 Å². The molecule has 0 spiro atoms. The number of carbonyl (C=O) groups excluding carboxylic acids is 4. The van der Waals surface area contributed by atoms with E-state index in [4.69, 9.17) is 10.5 Å². The highest BCUT2D eigenvalue weighted by molar-refractivity contribution is 5.93. The predicted octanol–water partition coefficient (Wildman–Crippen LogP) is -1.54. The van der Waals surface area contributed by atoms with Gasteiger partial charge in [-0.05, 0) is 46.2 Å². The van der Waals surface area contributed by atoms with Crippen LogP contribution in [0.2, 0.25) is 0 Å². The maximum absolute atomic E-state index is 13.6. The number of para-hydroxylation sites is 1. The Labute approximate surface area is 303 Å². The molecule has 1 aromatic carbocycles. The summed E-state index contributed by atoms with van der Waals surface area (Å²) in [5.74, 6) is -3.39. The lowest BCUT2D eigenvalue weighted by Gasteiger charge is -2.33. The monoisotopic (exact) mass is 741 g/mol. The Morgan fingerprint density at radius 1 is 1.06 bits per heavy atom. The van der Waals surface area contributed by atoms with E-state index in [0.717, 1.165) is 15.5 Å². The third-order valence-electron chi connectivity index (χ3n) is 9.46. The number of carboxylic acid groups (broad SMARTS) is 1. The summed E-state index contributed by atoms with van der Waals surface area (Å²) in [6.07, 6.45) is -1.48. The standard InChI is InChI=1S/C34H47N9O10/c1-15-18(4)43(34(52)41-27(15)45)31-25(44)12-21(53-31)14-37-29(47)26(19(5)42(6)30(48)16(2)35)40-28(46)17(3)38-33(51)39-24(32(49)50)11-20-13-36-23-10-8-7-9-22(20)23/h7-10,13,16-17,19,21,24-26,31,36,44H,11-12,14,35H2,1-6H3,(H,37,47)(H,40,46)(H,49,50)(H2,38,39,51)(H,41,45,52)/t16-,17+,19+,21-,24+,25-,26+,31-/m1/s1. The molecule has 288 valence electrons. The van der Waals surface area contributed by atoms with E-state index in [1.807, 2.05) is 18.2 Å². The molecule has 1 aliphatic heterocycles. The van der Waals surface area contributed by atoms with Crippen LogP contribution >= 0.6 is 0 Å². The highest BCUT2D eigenvalue weighted by Crippen LogP contribution is 2.28. The van der Waals surface area contributed by atoms with Crippen LogP contribution in [0.1, 0.15) is 50.2 Å². The number of carbonyl (C=O) groups is 5. The van der Waals surface area contributed by atoms with Crippen molar-refractivity contribution in [3.8, 4) is 0 Å². The number of H-pyrrole nitrogens is 2. The van der Waals surface area contributed by atoms with Crippen LogP contribution in [-0.4, -0.2) is 115 Å². The Kier molecular flexibility index (Phi) is 12.8. The first-order chi connectivity index (χ1) is 24.9. The largest absolute Gasteiger partial charge is 0.480 e. The van der Waals surface area contributed by atoms with Crippen molar-refractivity contribution >= 4 is 40.6 Å². The summed E-state index contributed by atoms with van der Waals surface area (Å²) in [4.78, 5) is 95.7. The molecule has 0 aliphatic carbocycles. The number of nitrogens with zero attached hydrogens (tertiary/aromatic N) is 2. The van der Waals surface area contributed by atoms with Crippen molar-refractivity contribution in [3.05, 3.63) is 68.1 Å². The van der Waals surface area contributed by atoms with Crippen molar-refractivity contribution in [2.75, 3.05) is 13.6 Å². The van der Waals surface area contributed by atoms with E-state index >= 15 is 0 Å². The summed E-state index contributed by atoms with van der Waals surface area (Å²) < 4.78 is 7.03. The number of aromatic amines is 2. The maximum atomic E-state index is 13.6. The van der Waals surface area contributed by atoms with Gasteiger partial charge in [-0.15, -0.1) is 0 Å². The van der Waals surface area contributed by atoms with Crippen LogP contribution < -0.4 is 38.2 Å². The minimum atomic E-state index is -1.38. The molecule has 5 amide bonds. The molecule has 10 N–H and O–H groups in total. The van der Waals surface area contributed by atoms with Crippen molar-refractivity contribution in [1.29, 1.82) is 0 Å². The second-order valence-electron chi connectivity index (χ2n) is 13.3. The van der Waals surface area contributed by atoms with E-state index in [0.29, 0.717) is 11.3 Å². The molecule has 1 aliphatic rings. The number of urea groups is 1. The molecule has 3 aromatic rings. The van der Waals surface area contributed by atoms with Crippen LogP contribution in [0.4, 0.5) is 4.79 Å². The average molecular weight is 742 g/mol. The Bertz CT molecular complexity index is 1970. The van der Waals surface area contributed by atoms with Crippen LogP contribution in [0.25, 0.3) is 10.9 Å².